The summed E-state index contributed by atoms with van der Waals surface area (Å²) in [6, 6.07) is 0. The number of likely N-dealkylation sites (N-methyl/N-ethyl adjacent to an activating group) is 1. The summed E-state index contributed by atoms with van der Waals surface area (Å²) in [5.41, 5.74) is 0. The molecule has 0 aromatic heterocycles. The predicted molar refractivity (Wildman–Crippen MR) is 260 cm³/mol. The summed E-state index contributed by atoms with van der Waals surface area (Å²) in [6.07, 6.45) is 49.5. The Morgan fingerprint density at radius 2 is 0.857 bits per heavy atom. The number of hydrogen-bond donors (Lipinski definition) is 0. The zero-order valence-electron chi connectivity index (χ0n) is 42.0. The van der Waals surface area contributed by atoms with Crippen molar-refractivity contribution < 1.29 is 42.9 Å². The summed E-state index contributed by atoms with van der Waals surface area (Å²) in [5, 5.41) is 11.7. The van der Waals surface area contributed by atoms with Gasteiger partial charge in [-0.2, -0.15) is 0 Å². The van der Waals surface area contributed by atoms with Gasteiger partial charge in [0.2, 0.25) is 0 Å². The Kier molecular flexibility index (Phi) is 44.7. The number of rotatable bonds is 49. The van der Waals surface area contributed by atoms with Gasteiger partial charge in [0, 0.05) is 12.8 Å². The van der Waals surface area contributed by atoms with Gasteiger partial charge in [-0.1, -0.05) is 212 Å². The molecule has 0 aromatic rings. The number of hydrogen-bond acceptors (Lipinski definition) is 8. The van der Waals surface area contributed by atoms with E-state index in [0.717, 1.165) is 44.9 Å². The molecule has 2 unspecified atom stereocenters. The van der Waals surface area contributed by atoms with Gasteiger partial charge in [-0.15, -0.1) is 0 Å². The number of nitrogens with zero attached hydrogens (tertiary/aromatic N) is 1. The van der Waals surface area contributed by atoms with Gasteiger partial charge in [0.25, 0.3) is 0 Å². The first-order valence-corrected chi connectivity index (χ1v) is 26.5. The molecule has 0 aliphatic rings. The number of carboxylic acid groups (broad SMARTS) is 1. The van der Waals surface area contributed by atoms with Crippen molar-refractivity contribution in [2.75, 3.05) is 47.5 Å². The van der Waals surface area contributed by atoms with Crippen LogP contribution in [0.1, 0.15) is 245 Å². The first-order chi connectivity index (χ1) is 30.6. The number of esters is 2. The standard InChI is InChI=1S/C54H101NO8/c1-6-8-10-12-14-16-17-18-19-20-21-22-23-24-25-26-27-28-29-30-31-32-33-34-35-37-39-41-43-45-52(57)63-50(49-62-54(53(58)59)60-47-46-55(3,4)5)48-61-51(56)44-42-40-38-36-15-13-11-9-7-2/h17-18,20-21,50,54H,6-16,19,22-49H2,1-5H3/b18-17-,21-20-. The maximum Gasteiger partial charge on any atom is 0.306 e. The van der Waals surface area contributed by atoms with E-state index in [-0.39, 0.29) is 32.2 Å². The van der Waals surface area contributed by atoms with Crippen molar-refractivity contribution in [1.82, 2.24) is 0 Å². The molecule has 0 saturated carbocycles. The molecule has 0 bridgehead atoms. The highest BCUT2D eigenvalue weighted by Gasteiger charge is 2.22. The van der Waals surface area contributed by atoms with Gasteiger partial charge in [0.05, 0.1) is 40.3 Å². The second-order valence-corrected chi connectivity index (χ2v) is 19.2. The highest BCUT2D eigenvalue weighted by molar-refractivity contribution is 5.70. The third-order valence-electron chi connectivity index (χ3n) is 11.7. The monoisotopic (exact) mass is 892 g/mol. The summed E-state index contributed by atoms with van der Waals surface area (Å²) in [4.78, 5) is 37.0. The summed E-state index contributed by atoms with van der Waals surface area (Å²) in [5.74, 6) is -2.27. The van der Waals surface area contributed by atoms with Crippen LogP contribution in [0.15, 0.2) is 24.3 Å². The lowest BCUT2D eigenvalue weighted by atomic mass is 10.0. The molecule has 0 N–H and O–H groups in total. The number of quaternary nitrogens is 1. The fourth-order valence-electron chi connectivity index (χ4n) is 7.57. The summed E-state index contributed by atoms with van der Waals surface area (Å²) < 4.78 is 22.6. The van der Waals surface area contributed by atoms with E-state index >= 15 is 0 Å². The molecule has 0 aliphatic carbocycles. The first-order valence-electron chi connectivity index (χ1n) is 26.5. The minimum atomic E-state index is -1.61. The van der Waals surface area contributed by atoms with Crippen LogP contribution >= 0.6 is 0 Å². The van der Waals surface area contributed by atoms with Crippen molar-refractivity contribution >= 4 is 17.9 Å². The Hall–Kier alpha value is -2.23. The molecule has 0 fully saturated rings. The molecule has 0 aromatic carbocycles. The lowest BCUT2D eigenvalue weighted by Crippen LogP contribution is -2.44. The largest absolute Gasteiger partial charge is 0.545 e. The summed E-state index contributed by atoms with van der Waals surface area (Å²) in [6.45, 7) is 4.73. The SMILES string of the molecule is CCCCCCC/C=C\C/C=C\CCCCCCCCCCCCCCCCCCCC(=O)OC(COC(=O)CCCCCCCCCCC)COC(OCC[N+](C)(C)C)C(=O)[O-]. The van der Waals surface area contributed by atoms with Crippen molar-refractivity contribution in [2.24, 2.45) is 0 Å². The van der Waals surface area contributed by atoms with E-state index in [1.807, 2.05) is 21.1 Å². The van der Waals surface area contributed by atoms with Crippen molar-refractivity contribution in [3.63, 3.8) is 0 Å². The van der Waals surface area contributed by atoms with E-state index < -0.39 is 24.3 Å². The number of aliphatic carboxylic acids is 1. The lowest BCUT2D eigenvalue weighted by Gasteiger charge is -2.26. The quantitative estimate of drug-likeness (QED) is 0.0195. The van der Waals surface area contributed by atoms with E-state index in [1.165, 1.54) is 173 Å². The Morgan fingerprint density at radius 1 is 0.476 bits per heavy atom. The molecule has 0 rings (SSSR count). The molecule has 0 saturated heterocycles. The smallest absolute Gasteiger partial charge is 0.306 e. The minimum absolute atomic E-state index is 0.151. The zero-order valence-corrected chi connectivity index (χ0v) is 42.0. The number of carbonyl (C=O) groups is 3. The maximum absolute atomic E-state index is 12.8. The van der Waals surface area contributed by atoms with Crippen LogP contribution in [-0.2, 0) is 33.3 Å². The normalized spacial score (nSPS) is 13.0. The van der Waals surface area contributed by atoms with E-state index in [1.54, 1.807) is 0 Å². The number of carboxylic acids is 1. The van der Waals surface area contributed by atoms with Gasteiger partial charge in [-0.3, -0.25) is 9.59 Å². The Morgan fingerprint density at radius 3 is 1.25 bits per heavy atom. The Bertz CT molecular complexity index is 1090. The number of carbonyl (C=O) groups excluding carboxylic acids is 3. The molecule has 0 spiro atoms. The van der Waals surface area contributed by atoms with Crippen LogP contribution in [-0.4, -0.2) is 82.3 Å². The molecule has 0 heterocycles. The van der Waals surface area contributed by atoms with Gasteiger partial charge in [-0.25, -0.2) is 0 Å². The number of ether oxygens (including phenoxy) is 4. The fraction of sp³-hybridized carbons (Fsp3) is 0.870. The lowest BCUT2D eigenvalue weighted by molar-refractivity contribution is -0.870. The summed E-state index contributed by atoms with van der Waals surface area (Å²) in [7, 11) is 5.92. The van der Waals surface area contributed by atoms with Crippen LogP contribution in [0.5, 0.6) is 0 Å². The highest BCUT2D eigenvalue weighted by atomic mass is 16.7. The van der Waals surface area contributed by atoms with Crippen LogP contribution in [0.25, 0.3) is 0 Å². The van der Waals surface area contributed by atoms with Gasteiger partial charge >= 0.3 is 11.9 Å². The van der Waals surface area contributed by atoms with Crippen LogP contribution < -0.4 is 5.11 Å². The van der Waals surface area contributed by atoms with Crippen molar-refractivity contribution in [2.45, 2.75) is 257 Å². The van der Waals surface area contributed by atoms with E-state index in [4.69, 9.17) is 18.9 Å². The van der Waals surface area contributed by atoms with Crippen LogP contribution in [0.4, 0.5) is 0 Å². The van der Waals surface area contributed by atoms with Crippen LogP contribution in [0.3, 0.4) is 0 Å². The molecular weight excluding hydrogens is 791 g/mol. The molecule has 0 aliphatic heterocycles. The average Bonchev–Trinajstić information content (AvgIpc) is 3.24. The van der Waals surface area contributed by atoms with Crippen molar-refractivity contribution in [3.8, 4) is 0 Å². The molecule has 370 valence electrons. The molecule has 9 nitrogen and oxygen atoms in total. The van der Waals surface area contributed by atoms with Gasteiger partial charge < -0.3 is 33.3 Å². The van der Waals surface area contributed by atoms with E-state index in [0.29, 0.717) is 17.4 Å². The van der Waals surface area contributed by atoms with Crippen LogP contribution in [0.2, 0.25) is 0 Å². The predicted octanol–water partition coefficient (Wildman–Crippen LogP) is 13.5. The first kappa shape index (κ1) is 60.8. The Labute approximate surface area is 388 Å². The third-order valence-corrected chi connectivity index (χ3v) is 11.7. The number of unbranched alkanes of at least 4 members (excludes halogenated alkanes) is 30. The molecule has 0 radical (unpaired) electrons. The van der Waals surface area contributed by atoms with Crippen LogP contribution in [0, 0.1) is 0 Å². The van der Waals surface area contributed by atoms with E-state index in [9.17, 15) is 19.5 Å². The summed E-state index contributed by atoms with van der Waals surface area (Å²) >= 11 is 0. The van der Waals surface area contributed by atoms with E-state index in [2.05, 4.69) is 38.2 Å². The third kappa shape index (κ3) is 47.5. The highest BCUT2D eigenvalue weighted by Crippen LogP contribution is 2.16. The molecule has 2 atom stereocenters. The molecule has 0 amide bonds. The van der Waals surface area contributed by atoms with Crippen molar-refractivity contribution in [3.05, 3.63) is 24.3 Å². The second-order valence-electron chi connectivity index (χ2n) is 19.2. The van der Waals surface area contributed by atoms with Crippen molar-refractivity contribution in [1.29, 1.82) is 0 Å². The number of allylic oxidation sites excluding steroid dienone is 4. The van der Waals surface area contributed by atoms with Gasteiger partial charge in [0.15, 0.2) is 12.4 Å². The fourth-order valence-corrected chi connectivity index (χ4v) is 7.57. The van der Waals surface area contributed by atoms with Gasteiger partial charge in [0.1, 0.15) is 13.2 Å². The molecule has 63 heavy (non-hydrogen) atoms. The minimum Gasteiger partial charge on any atom is -0.545 e. The Balaban J connectivity index is 4.08. The van der Waals surface area contributed by atoms with Gasteiger partial charge in [-0.05, 0) is 44.9 Å². The average molecular weight is 892 g/mol. The second kappa shape index (κ2) is 46.3. The molecule has 9 heteroatoms. The zero-order chi connectivity index (χ0) is 46.3. The topological polar surface area (TPSA) is 111 Å². The maximum atomic E-state index is 12.8. The molecular formula is C54H101NO8.